The van der Waals surface area contributed by atoms with E-state index in [1.807, 2.05) is 13.8 Å². The average Bonchev–Trinajstić information content (AvgIpc) is 3.24. The number of nitrogens with two attached hydrogens (primary N) is 4. The molecule has 10 atom stereocenters. The van der Waals surface area contributed by atoms with Crippen molar-refractivity contribution in [3.8, 4) is 5.75 Å². The number of aromatic hydroxyl groups is 1. The molecule has 0 aromatic heterocycles. The number of carboxylic acids is 1. The van der Waals surface area contributed by atoms with Crippen LogP contribution in [-0.4, -0.2) is 129 Å². The van der Waals surface area contributed by atoms with Crippen LogP contribution in [0.4, 0.5) is 0 Å². The van der Waals surface area contributed by atoms with Crippen molar-refractivity contribution < 1.29 is 63.6 Å². The van der Waals surface area contributed by atoms with Gasteiger partial charge < -0.3 is 64.6 Å². The minimum atomic E-state index is -1.74. The van der Waals surface area contributed by atoms with Gasteiger partial charge in [0.15, 0.2) is 23.3 Å². The zero-order chi connectivity index (χ0) is 51.8. The molecule has 68 heavy (non-hydrogen) atoms. The minimum absolute atomic E-state index is 0.0283. The Kier molecular flexibility index (Phi) is 26.8. The lowest BCUT2D eigenvalue weighted by Gasteiger charge is -2.26. The van der Waals surface area contributed by atoms with Crippen molar-refractivity contribution in [2.24, 2.45) is 57.5 Å². The monoisotopic (exact) mass is 962 g/mol. The standard InChI is InChI=1S/C46H75N9O13/c1-24(2)18-36(41(48)64)55-44(67)31(11-9-17-51-46(49)50)21-38(60)34(19-29-12-14-32(58)15-13-29)53-43(66)30(10-7-8-16-47)20-39(61)35(23-40(62)63)54-45(68)33(28(6)57)22-37(59)26(4)52-42(65)25(3)27(5)56/h12-15,24-28,30-31,33-36,56-58H,7-11,16-23,47H2,1-6H3,(H2,48,64)(H,52,65)(H,53,66)(H,54,68)(H,55,67)(H,62,63)(H4,49,50,51)/t25-,26-,27+,28+,30+,31+,33-,34-,35-,36-/m0/s1. The molecule has 1 rings (SSSR count). The topological polar surface area (TPSA) is 399 Å². The Bertz CT molecular complexity index is 1890. The molecule has 0 unspecified atom stereocenters. The van der Waals surface area contributed by atoms with E-state index in [1.54, 1.807) is 0 Å². The van der Waals surface area contributed by atoms with E-state index in [1.165, 1.54) is 52.0 Å². The van der Waals surface area contributed by atoms with Crippen molar-refractivity contribution >= 4 is 58.8 Å². The predicted molar refractivity (Wildman–Crippen MR) is 251 cm³/mol. The molecule has 22 heteroatoms. The molecule has 0 aliphatic carbocycles. The zero-order valence-electron chi connectivity index (χ0n) is 40.1. The molecule has 5 amide bonds. The molecule has 0 radical (unpaired) electrons. The van der Waals surface area contributed by atoms with Gasteiger partial charge in [-0.05, 0) is 89.5 Å². The van der Waals surface area contributed by atoms with Gasteiger partial charge in [-0.1, -0.05) is 39.3 Å². The van der Waals surface area contributed by atoms with Gasteiger partial charge in [0, 0.05) is 37.6 Å². The Morgan fingerprint density at radius 1 is 0.618 bits per heavy atom. The molecule has 0 saturated carbocycles. The van der Waals surface area contributed by atoms with Crippen LogP contribution in [-0.2, 0) is 49.6 Å². The average molecular weight is 962 g/mol. The van der Waals surface area contributed by atoms with Crippen molar-refractivity contribution in [1.29, 1.82) is 0 Å². The summed E-state index contributed by atoms with van der Waals surface area (Å²) >= 11 is 0. The number of carbonyl (C=O) groups is 9. The van der Waals surface area contributed by atoms with E-state index in [9.17, 15) is 63.6 Å². The summed E-state index contributed by atoms with van der Waals surface area (Å²) < 4.78 is 0. The molecule has 0 bridgehead atoms. The summed E-state index contributed by atoms with van der Waals surface area (Å²) in [5, 5.41) is 50.1. The van der Waals surface area contributed by atoms with Gasteiger partial charge >= 0.3 is 5.97 Å². The van der Waals surface area contributed by atoms with Crippen LogP contribution in [0.5, 0.6) is 5.75 Å². The van der Waals surface area contributed by atoms with Gasteiger partial charge in [0.25, 0.3) is 0 Å². The summed E-state index contributed by atoms with van der Waals surface area (Å²) in [6.45, 7) is 9.42. The third kappa shape index (κ3) is 22.7. The number of rotatable bonds is 34. The van der Waals surface area contributed by atoms with Crippen molar-refractivity contribution in [3.05, 3.63) is 29.8 Å². The number of guanidine groups is 1. The maximum absolute atomic E-state index is 14.3. The van der Waals surface area contributed by atoms with Crippen LogP contribution in [0.25, 0.3) is 0 Å². The van der Waals surface area contributed by atoms with Gasteiger partial charge in [-0.15, -0.1) is 0 Å². The number of phenols is 1. The number of unbranched alkanes of at least 4 members (excludes halogenated alkanes) is 1. The van der Waals surface area contributed by atoms with E-state index in [4.69, 9.17) is 22.9 Å². The third-order valence-electron chi connectivity index (χ3n) is 11.5. The minimum Gasteiger partial charge on any atom is -0.508 e. The Morgan fingerprint density at radius 3 is 1.63 bits per heavy atom. The van der Waals surface area contributed by atoms with Gasteiger partial charge in [-0.25, -0.2) is 0 Å². The molecule has 382 valence electrons. The third-order valence-corrected chi connectivity index (χ3v) is 11.5. The van der Waals surface area contributed by atoms with Crippen molar-refractivity contribution in [2.45, 2.75) is 149 Å². The smallest absolute Gasteiger partial charge is 0.305 e. The first-order valence-corrected chi connectivity index (χ1v) is 23.0. The highest BCUT2D eigenvalue weighted by Gasteiger charge is 2.36. The fourth-order valence-corrected chi connectivity index (χ4v) is 7.13. The number of hydrogen-bond acceptors (Lipinski definition) is 14. The van der Waals surface area contributed by atoms with E-state index in [-0.39, 0.29) is 62.8 Å². The molecular weight excluding hydrogens is 887 g/mol. The van der Waals surface area contributed by atoms with Crippen LogP contribution < -0.4 is 44.2 Å². The molecule has 0 heterocycles. The summed E-state index contributed by atoms with van der Waals surface area (Å²) in [7, 11) is 0. The van der Waals surface area contributed by atoms with Crippen LogP contribution in [0.2, 0.25) is 0 Å². The number of aliphatic hydroxyl groups excluding tert-OH is 2. The summed E-state index contributed by atoms with van der Waals surface area (Å²) in [5.74, 6) is -12.5. The Hall–Kier alpha value is -6.00. The predicted octanol–water partition coefficient (Wildman–Crippen LogP) is -0.794. The lowest BCUT2D eigenvalue weighted by molar-refractivity contribution is -0.142. The van der Waals surface area contributed by atoms with Crippen molar-refractivity contribution in [2.75, 3.05) is 13.1 Å². The number of ketones is 3. The fourth-order valence-electron chi connectivity index (χ4n) is 7.13. The number of benzene rings is 1. The second-order valence-electron chi connectivity index (χ2n) is 17.9. The summed E-state index contributed by atoms with van der Waals surface area (Å²) in [6, 6.07) is 0.548. The highest BCUT2D eigenvalue weighted by atomic mass is 16.4. The fraction of sp³-hybridized carbons (Fsp3) is 0.652. The summed E-state index contributed by atoms with van der Waals surface area (Å²) in [5.41, 5.74) is 22.7. The number of hydrogen-bond donors (Lipinski definition) is 12. The van der Waals surface area contributed by atoms with Crippen LogP contribution in [0.15, 0.2) is 29.3 Å². The van der Waals surface area contributed by atoms with E-state index in [2.05, 4.69) is 26.3 Å². The van der Waals surface area contributed by atoms with Gasteiger partial charge in [0.1, 0.15) is 11.8 Å². The second kappa shape index (κ2) is 30.4. The number of phenolic OH excluding ortho intramolecular Hbond substituents is 1. The van der Waals surface area contributed by atoms with Gasteiger partial charge in [-0.2, -0.15) is 0 Å². The first-order chi connectivity index (χ1) is 31.8. The molecule has 0 saturated heterocycles. The van der Waals surface area contributed by atoms with E-state index >= 15 is 0 Å². The first-order valence-electron chi connectivity index (χ1n) is 23.0. The van der Waals surface area contributed by atoms with Crippen LogP contribution in [0.3, 0.4) is 0 Å². The SMILES string of the molecule is CC(C)C[C@H](NC(=O)[C@H](CCCN=C(N)N)CC(=O)[C@H](Cc1ccc(O)cc1)NC(=O)[C@H](CCCCN)CC(=O)[C@H](CC(=O)O)NC(=O)[C@@H](CC(=O)[C@H](C)NC(=O)[C@@H](C)[C@@H](C)O)[C@@H](C)O)C(N)=O. The Labute approximate surface area is 397 Å². The molecule has 0 spiro atoms. The molecule has 0 fully saturated rings. The Morgan fingerprint density at radius 2 is 1.15 bits per heavy atom. The number of primary amides is 1. The number of aliphatic imine (C=N–C) groups is 1. The van der Waals surface area contributed by atoms with Gasteiger partial charge in [0.2, 0.25) is 29.5 Å². The van der Waals surface area contributed by atoms with E-state index in [0.717, 1.165) is 0 Å². The maximum Gasteiger partial charge on any atom is 0.305 e. The Balaban J connectivity index is 3.55. The van der Waals surface area contributed by atoms with E-state index < -0.39 is 139 Å². The highest BCUT2D eigenvalue weighted by Crippen LogP contribution is 2.22. The summed E-state index contributed by atoms with van der Waals surface area (Å²) in [4.78, 5) is 124. The van der Waals surface area contributed by atoms with Crippen molar-refractivity contribution in [1.82, 2.24) is 21.3 Å². The zero-order valence-corrected chi connectivity index (χ0v) is 40.1. The molecule has 0 aliphatic heterocycles. The number of Topliss-reactive ketones (excluding diaryl/α,β-unsaturated/α-hetero) is 3. The van der Waals surface area contributed by atoms with Crippen LogP contribution in [0, 0.1) is 29.6 Å². The van der Waals surface area contributed by atoms with Crippen molar-refractivity contribution in [3.63, 3.8) is 0 Å². The van der Waals surface area contributed by atoms with E-state index in [0.29, 0.717) is 18.4 Å². The molecular formula is C46H75N9O13. The normalized spacial score (nSPS) is 15.7. The molecule has 16 N–H and O–H groups in total. The van der Waals surface area contributed by atoms with Gasteiger partial charge in [0.05, 0.1) is 48.6 Å². The molecule has 22 nitrogen and oxygen atoms in total. The second-order valence-corrected chi connectivity index (χ2v) is 17.9. The number of carbonyl (C=O) groups excluding carboxylic acids is 8. The number of carboxylic acid groups (broad SMARTS) is 1. The molecule has 1 aromatic carbocycles. The molecule has 1 aromatic rings. The largest absolute Gasteiger partial charge is 0.508 e. The maximum atomic E-state index is 14.3. The highest BCUT2D eigenvalue weighted by molar-refractivity contribution is 5.98. The number of aliphatic carboxylic acids is 1. The number of amides is 5. The number of nitrogens with zero attached hydrogens (tertiary/aromatic N) is 1. The van der Waals surface area contributed by atoms with Crippen LogP contribution >= 0.6 is 0 Å². The number of aliphatic hydroxyl groups is 2. The molecule has 0 aliphatic rings. The lowest BCUT2D eigenvalue weighted by atomic mass is 9.88. The van der Waals surface area contributed by atoms with Crippen LogP contribution in [0.1, 0.15) is 111 Å². The summed E-state index contributed by atoms with van der Waals surface area (Å²) in [6.07, 6.45) is -3.93. The van der Waals surface area contributed by atoms with Gasteiger partial charge in [-0.3, -0.25) is 48.1 Å². The lowest BCUT2D eigenvalue weighted by Crippen LogP contribution is -2.50. The quantitative estimate of drug-likeness (QED) is 0.0229. The first kappa shape index (κ1) is 60.0. The number of nitrogens with one attached hydrogen (secondary N) is 4.